The van der Waals surface area contributed by atoms with Gasteiger partial charge < -0.3 is 20.5 Å². The van der Waals surface area contributed by atoms with Gasteiger partial charge in [-0.25, -0.2) is 18.4 Å². The highest BCUT2D eigenvalue weighted by molar-refractivity contribution is 5.53. The molecule has 3 aromatic rings. The first kappa shape index (κ1) is 21.6. The second-order valence-electron chi connectivity index (χ2n) is 7.51. The van der Waals surface area contributed by atoms with Gasteiger partial charge in [0.1, 0.15) is 17.3 Å². The molecule has 1 unspecified atom stereocenters. The van der Waals surface area contributed by atoms with E-state index in [0.29, 0.717) is 28.5 Å². The number of anilines is 1. The highest BCUT2D eigenvalue weighted by atomic mass is 19.3. The van der Waals surface area contributed by atoms with Crippen molar-refractivity contribution in [2.24, 2.45) is 5.73 Å². The summed E-state index contributed by atoms with van der Waals surface area (Å²) in [5.41, 5.74) is 6.87. The summed E-state index contributed by atoms with van der Waals surface area (Å²) in [4.78, 5) is 10.0. The summed E-state index contributed by atoms with van der Waals surface area (Å²) in [5.74, 6) is -1.64. The van der Waals surface area contributed by atoms with Crippen LogP contribution in [0.25, 0.3) is 5.69 Å². The molecule has 0 radical (unpaired) electrons. The summed E-state index contributed by atoms with van der Waals surface area (Å²) in [6.45, 7) is 1.45. The molecule has 0 saturated carbocycles. The Kier molecular flexibility index (Phi) is 5.73. The summed E-state index contributed by atoms with van der Waals surface area (Å²) < 4.78 is 34.8. The second kappa shape index (κ2) is 8.49. The fourth-order valence-corrected chi connectivity index (χ4v) is 3.41. The van der Waals surface area contributed by atoms with E-state index < -0.39 is 18.6 Å². The lowest BCUT2D eigenvalue weighted by Gasteiger charge is -2.18. The van der Waals surface area contributed by atoms with Gasteiger partial charge in [0.15, 0.2) is 5.75 Å². The highest BCUT2D eigenvalue weighted by Gasteiger charge is 2.39. The van der Waals surface area contributed by atoms with Crippen LogP contribution < -0.4 is 15.4 Å². The minimum atomic E-state index is -2.76. The van der Waals surface area contributed by atoms with Crippen molar-refractivity contribution in [2.45, 2.75) is 25.4 Å². The number of alkyl halides is 2. The number of nitrogens with two attached hydrogens (primary N) is 1. The molecule has 1 saturated heterocycles. The molecule has 1 aromatic carbocycles. The van der Waals surface area contributed by atoms with Crippen molar-refractivity contribution in [3.05, 3.63) is 53.6 Å². The molecule has 1 atom stereocenters. The molecule has 3 heterocycles. The lowest BCUT2D eigenvalue weighted by Crippen LogP contribution is -2.25. The van der Waals surface area contributed by atoms with E-state index in [1.165, 1.54) is 27.9 Å². The van der Waals surface area contributed by atoms with E-state index in [0.717, 1.165) is 0 Å². The molecule has 1 aliphatic heterocycles. The van der Waals surface area contributed by atoms with Crippen LogP contribution >= 0.6 is 0 Å². The van der Waals surface area contributed by atoms with Crippen molar-refractivity contribution >= 4 is 5.82 Å². The molecular weight excluding hydrogens is 420 g/mol. The van der Waals surface area contributed by atoms with Crippen LogP contribution in [0.4, 0.5) is 14.6 Å². The van der Waals surface area contributed by atoms with E-state index in [-0.39, 0.29) is 31.1 Å². The highest BCUT2D eigenvalue weighted by Crippen LogP contribution is 2.33. The van der Waals surface area contributed by atoms with Gasteiger partial charge in [-0.15, -0.1) is 0 Å². The third kappa shape index (κ3) is 4.51. The first-order valence-corrected chi connectivity index (χ1v) is 9.91. The van der Waals surface area contributed by atoms with Crippen molar-refractivity contribution in [1.29, 1.82) is 5.26 Å². The first-order chi connectivity index (χ1) is 15.3. The molecule has 0 bridgehead atoms. The van der Waals surface area contributed by atoms with Crippen LogP contribution in [0.1, 0.15) is 29.5 Å². The van der Waals surface area contributed by atoms with E-state index >= 15 is 0 Å². The lowest BCUT2D eigenvalue weighted by molar-refractivity contribution is 0.0256. The molecule has 2 aromatic heterocycles. The number of nitrogens with zero attached hydrogens (tertiary/aromatic N) is 6. The van der Waals surface area contributed by atoms with Gasteiger partial charge in [-0.2, -0.15) is 15.3 Å². The van der Waals surface area contributed by atoms with Crippen molar-refractivity contribution in [2.75, 3.05) is 24.5 Å². The van der Waals surface area contributed by atoms with Gasteiger partial charge in [-0.05, 0) is 19.1 Å². The third-order valence-electron chi connectivity index (χ3n) is 5.06. The fourth-order valence-electron chi connectivity index (χ4n) is 3.41. The number of rotatable bonds is 6. The Morgan fingerprint density at radius 2 is 2.16 bits per heavy atom. The maximum absolute atomic E-state index is 13.7. The van der Waals surface area contributed by atoms with Crippen LogP contribution in [0.3, 0.4) is 0 Å². The minimum absolute atomic E-state index is 0.0426. The number of ether oxygens (including phenoxy) is 1. The second-order valence-corrected chi connectivity index (χ2v) is 7.51. The van der Waals surface area contributed by atoms with Gasteiger partial charge in [0.2, 0.25) is 5.88 Å². The number of nitriles is 1. The fraction of sp³-hybridized carbons (Fsp3) is 0.333. The third-order valence-corrected chi connectivity index (χ3v) is 5.06. The Bertz CT molecular complexity index is 1180. The number of aromatic nitrogens is 4. The summed E-state index contributed by atoms with van der Waals surface area (Å²) >= 11 is 0. The van der Waals surface area contributed by atoms with Gasteiger partial charge in [-0.3, -0.25) is 0 Å². The van der Waals surface area contributed by atoms with Crippen molar-refractivity contribution in [1.82, 2.24) is 19.7 Å². The predicted molar refractivity (Wildman–Crippen MR) is 111 cm³/mol. The van der Waals surface area contributed by atoms with Gasteiger partial charge in [0.05, 0.1) is 30.5 Å². The molecule has 0 aliphatic carbocycles. The molecule has 166 valence electrons. The molecular formula is C21H21F2N7O2. The molecule has 0 amide bonds. The number of aliphatic hydroxyl groups is 1. The van der Waals surface area contributed by atoms with Gasteiger partial charge >= 0.3 is 0 Å². The average molecular weight is 441 g/mol. The smallest absolute Gasteiger partial charge is 0.266 e. The summed E-state index contributed by atoms with van der Waals surface area (Å²) in [6, 6.07) is 8.32. The standard InChI is InChI=1S/C21H21F2N7O2/c1-13-27-19(29-5-4-21(22,23)12-29)7-20(28-13)32-18-6-14(8-24)2-3-16(18)30-11-15(10-26-30)17(31)9-25/h2-3,6-7,10-11,17,31H,4-5,9,12,25H2,1H3. The Labute approximate surface area is 182 Å². The maximum atomic E-state index is 13.7. The van der Waals surface area contributed by atoms with E-state index in [4.69, 9.17) is 10.5 Å². The Hall–Kier alpha value is -3.62. The number of hydrogen-bond donors (Lipinski definition) is 2. The normalized spacial score (nSPS) is 16.1. The monoisotopic (exact) mass is 441 g/mol. The maximum Gasteiger partial charge on any atom is 0.266 e. The van der Waals surface area contributed by atoms with E-state index in [1.54, 1.807) is 25.3 Å². The summed E-state index contributed by atoms with van der Waals surface area (Å²) in [7, 11) is 0. The molecule has 0 spiro atoms. The van der Waals surface area contributed by atoms with Gasteiger partial charge in [0, 0.05) is 43.4 Å². The summed E-state index contributed by atoms with van der Waals surface area (Å²) in [5, 5.41) is 23.5. The van der Waals surface area contributed by atoms with Crippen LogP contribution in [-0.4, -0.2) is 50.4 Å². The molecule has 11 heteroatoms. The largest absolute Gasteiger partial charge is 0.437 e. The van der Waals surface area contributed by atoms with Gasteiger partial charge in [-0.1, -0.05) is 0 Å². The summed E-state index contributed by atoms with van der Waals surface area (Å²) in [6.07, 6.45) is 1.99. The van der Waals surface area contributed by atoms with Crippen LogP contribution in [0, 0.1) is 18.3 Å². The molecule has 9 nitrogen and oxygen atoms in total. The predicted octanol–water partition coefficient (Wildman–Crippen LogP) is 2.47. The Morgan fingerprint density at radius 3 is 2.84 bits per heavy atom. The Morgan fingerprint density at radius 1 is 1.34 bits per heavy atom. The average Bonchev–Trinajstić information content (AvgIpc) is 3.39. The van der Waals surface area contributed by atoms with E-state index in [2.05, 4.69) is 21.1 Å². The topological polar surface area (TPSA) is 126 Å². The van der Waals surface area contributed by atoms with Crippen molar-refractivity contribution < 1.29 is 18.6 Å². The zero-order valence-corrected chi connectivity index (χ0v) is 17.2. The molecule has 3 N–H and O–H groups in total. The zero-order valence-electron chi connectivity index (χ0n) is 17.2. The van der Waals surface area contributed by atoms with Crippen LogP contribution in [-0.2, 0) is 0 Å². The number of hydrogen-bond acceptors (Lipinski definition) is 8. The van der Waals surface area contributed by atoms with Gasteiger partial charge in [0.25, 0.3) is 5.92 Å². The molecule has 4 rings (SSSR count). The minimum Gasteiger partial charge on any atom is -0.437 e. The zero-order chi connectivity index (χ0) is 22.9. The first-order valence-electron chi connectivity index (χ1n) is 9.91. The molecule has 1 fully saturated rings. The van der Waals surface area contributed by atoms with Crippen LogP contribution in [0.5, 0.6) is 11.6 Å². The van der Waals surface area contributed by atoms with Crippen molar-refractivity contribution in [3.63, 3.8) is 0 Å². The molecule has 32 heavy (non-hydrogen) atoms. The van der Waals surface area contributed by atoms with Crippen LogP contribution in [0.2, 0.25) is 0 Å². The SMILES string of the molecule is Cc1nc(Oc2cc(C#N)ccc2-n2cc(C(O)CN)cn2)cc(N2CCC(F)(F)C2)n1. The lowest BCUT2D eigenvalue weighted by atomic mass is 10.2. The number of benzene rings is 1. The Balaban J connectivity index is 1.68. The van der Waals surface area contributed by atoms with Crippen LogP contribution in [0.15, 0.2) is 36.7 Å². The number of aliphatic hydroxyl groups excluding tert-OH is 1. The van der Waals surface area contributed by atoms with E-state index in [9.17, 15) is 19.1 Å². The quantitative estimate of drug-likeness (QED) is 0.597. The number of aryl methyl sites for hydroxylation is 1. The number of halogens is 2. The molecule has 1 aliphatic rings. The van der Waals surface area contributed by atoms with E-state index in [1.807, 2.05) is 0 Å². The van der Waals surface area contributed by atoms with Crippen molar-refractivity contribution in [3.8, 4) is 23.4 Å².